The van der Waals surface area contributed by atoms with Gasteiger partial charge in [-0.2, -0.15) is 0 Å². The van der Waals surface area contributed by atoms with Crippen LogP contribution in [0.5, 0.6) is 0 Å². The summed E-state index contributed by atoms with van der Waals surface area (Å²) in [5.41, 5.74) is 1.83. The van der Waals surface area contributed by atoms with Crippen molar-refractivity contribution in [1.82, 2.24) is 4.98 Å². The Morgan fingerprint density at radius 3 is 2.50 bits per heavy atom. The molecule has 3 heteroatoms. The van der Waals surface area contributed by atoms with E-state index in [1.165, 1.54) is 16.5 Å². The predicted octanol–water partition coefficient (Wildman–Crippen LogP) is 4.38. The first-order chi connectivity index (χ1) is 12.5. The molecule has 0 spiro atoms. The van der Waals surface area contributed by atoms with E-state index < -0.39 is 5.60 Å². The molecule has 1 aromatic heterocycles. The SMILES string of the molecule is CCN(Cc1cccc(C#CC(C)(C)O)n1)c1cccc2ccccc12. The highest BCUT2D eigenvalue weighted by atomic mass is 16.3. The van der Waals surface area contributed by atoms with E-state index in [2.05, 4.69) is 71.1 Å². The minimum absolute atomic E-state index is 0.679. The van der Waals surface area contributed by atoms with E-state index in [9.17, 15) is 5.11 Å². The third-order valence-corrected chi connectivity index (χ3v) is 4.15. The normalized spacial score (nSPS) is 11.1. The van der Waals surface area contributed by atoms with Gasteiger partial charge >= 0.3 is 0 Å². The van der Waals surface area contributed by atoms with E-state index in [-0.39, 0.29) is 0 Å². The summed E-state index contributed by atoms with van der Waals surface area (Å²) in [4.78, 5) is 6.96. The molecule has 0 atom stereocenters. The predicted molar refractivity (Wildman–Crippen MR) is 108 cm³/mol. The van der Waals surface area contributed by atoms with Crippen LogP contribution in [-0.4, -0.2) is 22.2 Å². The van der Waals surface area contributed by atoms with Crippen molar-refractivity contribution < 1.29 is 5.11 Å². The van der Waals surface area contributed by atoms with Gasteiger partial charge in [-0.3, -0.25) is 0 Å². The van der Waals surface area contributed by atoms with Crippen LogP contribution in [0.1, 0.15) is 32.2 Å². The first-order valence-electron chi connectivity index (χ1n) is 8.90. The van der Waals surface area contributed by atoms with Crippen LogP contribution in [0.3, 0.4) is 0 Å². The molecule has 1 N–H and O–H groups in total. The highest BCUT2D eigenvalue weighted by Gasteiger charge is 2.10. The molecule has 3 rings (SSSR count). The van der Waals surface area contributed by atoms with Gasteiger partial charge in [-0.25, -0.2) is 4.98 Å². The Labute approximate surface area is 155 Å². The zero-order valence-corrected chi connectivity index (χ0v) is 15.5. The van der Waals surface area contributed by atoms with Gasteiger partial charge in [0.05, 0.1) is 12.2 Å². The van der Waals surface area contributed by atoms with E-state index in [1.54, 1.807) is 13.8 Å². The molecule has 0 aliphatic heterocycles. The number of rotatable bonds is 4. The maximum atomic E-state index is 9.77. The fraction of sp³-hybridized carbons (Fsp3) is 0.261. The molecule has 0 amide bonds. The molecule has 0 aliphatic rings. The van der Waals surface area contributed by atoms with Crippen molar-refractivity contribution in [2.75, 3.05) is 11.4 Å². The van der Waals surface area contributed by atoms with Crippen LogP contribution in [0.25, 0.3) is 10.8 Å². The molecular weight excluding hydrogens is 320 g/mol. The molecule has 3 aromatic rings. The van der Waals surface area contributed by atoms with Gasteiger partial charge in [0.15, 0.2) is 0 Å². The summed E-state index contributed by atoms with van der Waals surface area (Å²) in [6, 6.07) is 20.7. The molecule has 0 bridgehead atoms. The second-order valence-corrected chi connectivity index (χ2v) is 6.84. The molecule has 1 heterocycles. The van der Waals surface area contributed by atoms with E-state index in [0.717, 1.165) is 12.2 Å². The Kier molecular flexibility index (Phi) is 5.25. The molecule has 0 unspecified atom stereocenters. The summed E-state index contributed by atoms with van der Waals surface area (Å²) >= 11 is 0. The first-order valence-corrected chi connectivity index (χ1v) is 8.90. The van der Waals surface area contributed by atoms with Crippen LogP contribution in [0.2, 0.25) is 0 Å². The van der Waals surface area contributed by atoms with Crippen LogP contribution in [0, 0.1) is 11.8 Å². The van der Waals surface area contributed by atoms with Crippen molar-refractivity contribution in [3.63, 3.8) is 0 Å². The van der Waals surface area contributed by atoms with Crippen LogP contribution in [0.15, 0.2) is 60.7 Å². The molecule has 0 saturated carbocycles. The quantitative estimate of drug-likeness (QED) is 0.714. The van der Waals surface area contributed by atoms with Crippen LogP contribution in [0.4, 0.5) is 5.69 Å². The fourth-order valence-electron chi connectivity index (χ4n) is 2.90. The number of nitrogens with zero attached hydrogens (tertiary/aromatic N) is 2. The molecule has 132 valence electrons. The molecular formula is C23H24N2O. The molecule has 26 heavy (non-hydrogen) atoms. The Balaban J connectivity index is 1.90. The number of hydrogen-bond acceptors (Lipinski definition) is 3. The van der Waals surface area contributed by atoms with Gasteiger partial charge in [-0.05, 0) is 50.3 Å². The summed E-state index contributed by atoms with van der Waals surface area (Å²) in [7, 11) is 0. The highest BCUT2D eigenvalue weighted by Crippen LogP contribution is 2.27. The number of hydrogen-bond donors (Lipinski definition) is 1. The topological polar surface area (TPSA) is 36.4 Å². The van der Waals surface area contributed by atoms with Gasteiger partial charge in [-0.1, -0.05) is 48.4 Å². The smallest absolute Gasteiger partial charge is 0.120 e. The minimum Gasteiger partial charge on any atom is -0.378 e. The lowest BCUT2D eigenvalue weighted by molar-refractivity contribution is 0.143. The minimum atomic E-state index is -1.02. The zero-order valence-electron chi connectivity index (χ0n) is 15.5. The van der Waals surface area contributed by atoms with Crippen molar-refractivity contribution >= 4 is 16.5 Å². The van der Waals surface area contributed by atoms with Crippen LogP contribution in [-0.2, 0) is 6.54 Å². The van der Waals surface area contributed by atoms with Gasteiger partial charge in [0, 0.05) is 17.6 Å². The number of fused-ring (bicyclic) bond motifs is 1. The summed E-state index contributed by atoms with van der Waals surface area (Å²) in [6.45, 7) is 7.09. The van der Waals surface area contributed by atoms with Gasteiger partial charge < -0.3 is 10.0 Å². The second kappa shape index (κ2) is 7.59. The maximum absolute atomic E-state index is 9.77. The number of aromatic nitrogens is 1. The second-order valence-electron chi connectivity index (χ2n) is 6.84. The Morgan fingerprint density at radius 1 is 1.00 bits per heavy atom. The average molecular weight is 344 g/mol. The van der Waals surface area contributed by atoms with Gasteiger partial charge in [0.2, 0.25) is 0 Å². The molecule has 0 aliphatic carbocycles. The van der Waals surface area contributed by atoms with E-state index >= 15 is 0 Å². The third kappa shape index (κ3) is 4.41. The monoisotopic (exact) mass is 344 g/mol. The van der Waals surface area contributed by atoms with Crippen molar-refractivity contribution in [2.45, 2.75) is 32.9 Å². The van der Waals surface area contributed by atoms with Crippen LogP contribution >= 0.6 is 0 Å². The first kappa shape index (κ1) is 18.0. The van der Waals surface area contributed by atoms with Crippen LogP contribution < -0.4 is 4.90 Å². The van der Waals surface area contributed by atoms with Crippen molar-refractivity contribution in [2.24, 2.45) is 0 Å². The third-order valence-electron chi connectivity index (χ3n) is 4.15. The fourth-order valence-corrected chi connectivity index (χ4v) is 2.90. The molecule has 3 nitrogen and oxygen atoms in total. The molecule has 0 fully saturated rings. The summed E-state index contributed by atoms with van der Waals surface area (Å²) in [5, 5.41) is 12.3. The average Bonchev–Trinajstić information content (AvgIpc) is 2.64. The lowest BCUT2D eigenvalue weighted by atomic mass is 10.1. The van der Waals surface area contributed by atoms with E-state index in [0.29, 0.717) is 12.2 Å². The number of pyridine rings is 1. The van der Waals surface area contributed by atoms with Crippen molar-refractivity contribution in [3.8, 4) is 11.8 Å². The highest BCUT2D eigenvalue weighted by molar-refractivity contribution is 5.94. The van der Waals surface area contributed by atoms with Crippen molar-refractivity contribution in [3.05, 3.63) is 72.1 Å². The number of anilines is 1. The Bertz CT molecular complexity index is 956. The van der Waals surface area contributed by atoms with Gasteiger partial charge in [-0.15, -0.1) is 0 Å². The van der Waals surface area contributed by atoms with Gasteiger partial charge in [0.25, 0.3) is 0 Å². The zero-order chi connectivity index (χ0) is 18.6. The van der Waals surface area contributed by atoms with E-state index in [1.807, 2.05) is 18.2 Å². The molecule has 0 saturated heterocycles. The molecule has 0 radical (unpaired) electrons. The lowest BCUT2D eigenvalue weighted by Gasteiger charge is -2.24. The standard InChI is InChI=1S/C23H24N2O/c1-4-25(22-14-7-10-18-9-5-6-13-21(18)22)17-20-12-8-11-19(24-20)15-16-23(2,3)26/h5-14,26H,4,17H2,1-3H3. The summed E-state index contributed by atoms with van der Waals surface area (Å²) < 4.78 is 0. The summed E-state index contributed by atoms with van der Waals surface area (Å²) in [5.74, 6) is 5.77. The lowest BCUT2D eigenvalue weighted by Crippen LogP contribution is -2.23. The summed E-state index contributed by atoms with van der Waals surface area (Å²) in [6.07, 6.45) is 0. The maximum Gasteiger partial charge on any atom is 0.120 e. The largest absolute Gasteiger partial charge is 0.378 e. The Hall–Kier alpha value is -2.83. The molecule has 2 aromatic carbocycles. The Morgan fingerprint density at radius 2 is 1.73 bits per heavy atom. The van der Waals surface area contributed by atoms with Crippen molar-refractivity contribution in [1.29, 1.82) is 0 Å². The van der Waals surface area contributed by atoms with Gasteiger partial charge in [0.1, 0.15) is 11.3 Å². The number of aliphatic hydroxyl groups is 1. The van der Waals surface area contributed by atoms with E-state index in [4.69, 9.17) is 0 Å². The number of benzene rings is 2.